The topological polar surface area (TPSA) is 84.2 Å². The smallest absolute Gasteiger partial charge is 0.245 e. The summed E-state index contributed by atoms with van der Waals surface area (Å²) < 4.78 is 31.7. The second-order valence-corrected chi connectivity index (χ2v) is 6.40. The number of nitrogens with one attached hydrogen (secondary N) is 2. The Morgan fingerprint density at radius 1 is 1.50 bits per heavy atom. The van der Waals surface area contributed by atoms with Gasteiger partial charge in [0.25, 0.3) is 0 Å². The van der Waals surface area contributed by atoms with Gasteiger partial charge in [0.15, 0.2) is 5.76 Å². The molecule has 6 nitrogen and oxygen atoms in total. The van der Waals surface area contributed by atoms with Gasteiger partial charge in [0.1, 0.15) is 10.6 Å². The average Bonchev–Trinajstić information content (AvgIpc) is 2.89. The number of nitrogens with zero attached hydrogens (tertiary/aromatic N) is 1. The van der Waals surface area contributed by atoms with Crippen molar-refractivity contribution in [1.29, 1.82) is 0 Å². The minimum atomic E-state index is -3.50. The third-order valence-electron chi connectivity index (χ3n) is 3.24. The molecule has 1 unspecified atom stereocenters. The first-order chi connectivity index (χ1) is 8.50. The standard InChI is InChI=1S/C11H19N3O3S/c1-8-11(9(2)17-14-8)18(15,16)13-6-4-10-3-5-12-7-10/h10,12-13H,3-7H2,1-2H3. The zero-order valence-corrected chi connectivity index (χ0v) is 11.5. The van der Waals surface area contributed by atoms with Crippen molar-refractivity contribution in [2.75, 3.05) is 19.6 Å². The molecule has 0 aliphatic carbocycles. The summed E-state index contributed by atoms with van der Waals surface area (Å²) in [4.78, 5) is 0.173. The Balaban J connectivity index is 1.95. The first-order valence-electron chi connectivity index (χ1n) is 6.14. The lowest BCUT2D eigenvalue weighted by Gasteiger charge is -2.09. The Morgan fingerprint density at radius 3 is 2.83 bits per heavy atom. The highest BCUT2D eigenvalue weighted by Crippen LogP contribution is 2.19. The summed E-state index contributed by atoms with van der Waals surface area (Å²) in [5.74, 6) is 0.903. The van der Waals surface area contributed by atoms with E-state index in [9.17, 15) is 8.42 Å². The van der Waals surface area contributed by atoms with Crippen LogP contribution in [0.5, 0.6) is 0 Å². The van der Waals surface area contributed by atoms with E-state index in [1.54, 1.807) is 13.8 Å². The third kappa shape index (κ3) is 2.90. The number of rotatable bonds is 5. The van der Waals surface area contributed by atoms with E-state index in [1.807, 2.05) is 0 Å². The largest absolute Gasteiger partial charge is 0.360 e. The summed E-state index contributed by atoms with van der Waals surface area (Å²) in [6.45, 7) is 5.70. The van der Waals surface area contributed by atoms with Gasteiger partial charge in [0.2, 0.25) is 10.0 Å². The molecule has 0 bridgehead atoms. The van der Waals surface area contributed by atoms with Crippen LogP contribution in [0.25, 0.3) is 0 Å². The van der Waals surface area contributed by atoms with Crippen LogP contribution in [0.15, 0.2) is 9.42 Å². The molecule has 2 heterocycles. The summed E-state index contributed by atoms with van der Waals surface area (Å²) in [7, 11) is -3.50. The Bertz CT molecular complexity index is 484. The molecule has 1 aromatic heterocycles. The first-order valence-corrected chi connectivity index (χ1v) is 7.62. The molecule has 0 aromatic carbocycles. The van der Waals surface area contributed by atoms with Crippen LogP contribution in [0.4, 0.5) is 0 Å². The maximum absolute atomic E-state index is 12.1. The Kier molecular flexibility index (Phi) is 4.04. The van der Waals surface area contributed by atoms with Crippen LogP contribution in [-0.4, -0.2) is 33.2 Å². The SMILES string of the molecule is Cc1noc(C)c1S(=O)(=O)NCCC1CCNC1. The Hall–Kier alpha value is -0.920. The van der Waals surface area contributed by atoms with Gasteiger partial charge in [-0.25, -0.2) is 13.1 Å². The summed E-state index contributed by atoms with van der Waals surface area (Å²) >= 11 is 0. The molecule has 1 aromatic rings. The normalized spacial score (nSPS) is 20.4. The lowest BCUT2D eigenvalue weighted by Crippen LogP contribution is -2.27. The van der Waals surface area contributed by atoms with Gasteiger partial charge in [-0.05, 0) is 45.7 Å². The molecule has 1 aliphatic rings. The average molecular weight is 273 g/mol. The molecule has 1 atom stereocenters. The monoisotopic (exact) mass is 273 g/mol. The predicted octanol–water partition coefficient (Wildman–Crippen LogP) is 0.569. The van der Waals surface area contributed by atoms with E-state index in [4.69, 9.17) is 4.52 Å². The van der Waals surface area contributed by atoms with Gasteiger partial charge in [0, 0.05) is 6.54 Å². The second kappa shape index (κ2) is 5.38. The first kappa shape index (κ1) is 13.5. The summed E-state index contributed by atoms with van der Waals surface area (Å²) in [5.41, 5.74) is 0.405. The highest BCUT2D eigenvalue weighted by Gasteiger charge is 2.24. The molecule has 2 N–H and O–H groups in total. The van der Waals surface area contributed by atoms with Gasteiger partial charge < -0.3 is 9.84 Å². The van der Waals surface area contributed by atoms with Gasteiger partial charge in [0.05, 0.1) is 0 Å². The van der Waals surface area contributed by atoms with E-state index in [1.165, 1.54) is 0 Å². The van der Waals surface area contributed by atoms with E-state index < -0.39 is 10.0 Å². The zero-order valence-electron chi connectivity index (χ0n) is 10.7. The Labute approximate surface area is 107 Å². The van der Waals surface area contributed by atoms with Crippen LogP contribution in [0.3, 0.4) is 0 Å². The molecule has 0 saturated carbocycles. The number of sulfonamides is 1. The number of aromatic nitrogens is 1. The molecule has 1 aliphatic heterocycles. The lowest BCUT2D eigenvalue weighted by molar-refractivity contribution is 0.390. The molecule has 0 radical (unpaired) electrons. The van der Waals surface area contributed by atoms with Crippen molar-refractivity contribution in [3.8, 4) is 0 Å². The molecular weight excluding hydrogens is 254 g/mol. The van der Waals surface area contributed by atoms with Gasteiger partial charge in [-0.2, -0.15) is 0 Å². The second-order valence-electron chi connectivity index (χ2n) is 4.70. The van der Waals surface area contributed by atoms with E-state index in [0.29, 0.717) is 23.9 Å². The van der Waals surface area contributed by atoms with Crippen molar-refractivity contribution in [1.82, 2.24) is 15.2 Å². The summed E-state index contributed by atoms with van der Waals surface area (Å²) in [5, 5.41) is 6.93. The van der Waals surface area contributed by atoms with Crippen molar-refractivity contribution in [2.24, 2.45) is 5.92 Å². The van der Waals surface area contributed by atoms with Crippen LogP contribution in [0.1, 0.15) is 24.3 Å². The third-order valence-corrected chi connectivity index (χ3v) is 4.95. The number of hydrogen-bond donors (Lipinski definition) is 2. The molecule has 7 heteroatoms. The molecule has 2 rings (SSSR count). The van der Waals surface area contributed by atoms with Crippen LogP contribution in [0, 0.1) is 19.8 Å². The van der Waals surface area contributed by atoms with Crippen LogP contribution >= 0.6 is 0 Å². The molecule has 1 saturated heterocycles. The molecule has 102 valence electrons. The van der Waals surface area contributed by atoms with Crippen LogP contribution in [0.2, 0.25) is 0 Å². The van der Waals surface area contributed by atoms with Crippen molar-refractivity contribution < 1.29 is 12.9 Å². The minimum absolute atomic E-state index is 0.173. The summed E-state index contributed by atoms with van der Waals surface area (Å²) in [6, 6.07) is 0. The Morgan fingerprint density at radius 2 is 2.28 bits per heavy atom. The molecular formula is C11H19N3O3S. The van der Waals surface area contributed by atoms with Crippen molar-refractivity contribution in [2.45, 2.75) is 31.6 Å². The fourth-order valence-corrected chi connectivity index (χ4v) is 3.66. The predicted molar refractivity (Wildman–Crippen MR) is 66.8 cm³/mol. The van der Waals surface area contributed by atoms with Crippen molar-refractivity contribution >= 4 is 10.0 Å². The van der Waals surface area contributed by atoms with Crippen molar-refractivity contribution in [3.05, 3.63) is 11.5 Å². The summed E-state index contributed by atoms with van der Waals surface area (Å²) in [6.07, 6.45) is 1.97. The molecule has 1 fully saturated rings. The quantitative estimate of drug-likeness (QED) is 0.819. The van der Waals surface area contributed by atoms with Gasteiger partial charge in [-0.3, -0.25) is 0 Å². The van der Waals surface area contributed by atoms with Gasteiger partial charge >= 0.3 is 0 Å². The maximum atomic E-state index is 12.1. The van der Waals surface area contributed by atoms with Crippen LogP contribution < -0.4 is 10.0 Å². The van der Waals surface area contributed by atoms with E-state index in [2.05, 4.69) is 15.2 Å². The molecule has 0 amide bonds. The van der Waals surface area contributed by atoms with Gasteiger partial charge in [-0.15, -0.1) is 0 Å². The zero-order chi connectivity index (χ0) is 13.2. The minimum Gasteiger partial charge on any atom is -0.360 e. The van der Waals surface area contributed by atoms with Crippen LogP contribution in [-0.2, 0) is 10.0 Å². The number of hydrogen-bond acceptors (Lipinski definition) is 5. The fourth-order valence-electron chi connectivity index (χ4n) is 2.29. The number of aryl methyl sites for hydroxylation is 2. The molecule has 18 heavy (non-hydrogen) atoms. The van der Waals surface area contributed by atoms with E-state index in [0.717, 1.165) is 25.9 Å². The van der Waals surface area contributed by atoms with E-state index in [-0.39, 0.29) is 4.90 Å². The lowest BCUT2D eigenvalue weighted by atomic mass is 10.1. The van der Waals surface area contributed by atoms with Crippen molar-refractivity contribution in [3.63, 3.8) is 0 Å². The van der Waals surface area contributed by atoms with E-state index >= 15 is 0 Å². The fraction of sp³-hybridized carbons (Fsp3) is 0.727. The highest BCUT2D eigenvalue weighted by molar-refractivity contribution is 7.89. The van der Waals surface area contributed by atoms with Gasteiger partial charge in [-0.1, -0.05) is 5.16 Å². The highest BCUT2D eigenvalue weighted by atomic mass is 32.2. The molecule has 0 spiro atoms. The maximum Gasteiger partial charge on any atom is 0.245 e.